The number of para-hydroxylation sites is 1. The Kier molecular flexibility index (Phi) is 6.12. The number of hydrogen-bond acceptors (Lipinski definition) is 5. The molecule has 0 aliphatic rings. The van der Waals surface area contributed by atoms with E-state index < -0.39 is 0 Å². The maximum Gasteiger partial charge on any atom is 0.268 e. The molecule has 22 heavy (non-hydrogen) atoms. The summed E-state index contributed by atoms with van der Waals surface area (Å²) in [5, 5.41) is 9.83. The Bertz CT molecular complexity index is 655. The molecule has 1 heterocycles. The molecular weight excluding hydrogens is 282 g/mol. The smallest absolute Gasteiger partial charge is 0.268 e. The number of nitrogens with zero attached hydrogens (tertiary/aromatic N) is 1. The number of H-pyrrole nitrogens is 1. The summed E-state index contributed by atoms with van der Waals surface area (Å²) in [5.74, 6) is 0.753. The number of rotatable bonds is 8. The molecule has 1 aromatic carbocycles. The van der Waals surface area contributed by atoms with Gasteiger partial charge in [-0.05, 0) is 25.1 Å². The fourth-order valence-electron chi connectivity index (χ4n) is 2.07. The highest BCUT2D eigenvalue weighted by atomic mass is 16.5. The van der Waals surface area contributed by atoms with Gasteiger partial charge in [0.05, 0.1) is 18.9 Å². The molecule has 6 nitrogen and oxygen atoms in total. The maximum atomic E-state index is 11.9. The molecule has 2 N–H and O–H groups in total. The van der Waals surface area contributed by atoms with E-state index in [0.29, 0.717) is 37.6 Å². The third-order valence-electron chi connectivity index (χ3n) is 3.14. The monoisotopic (exact) mass is 303 g/mol. The summed E-state index contributed by atoms with van der Waals surface area (Å²) < 4.78 is 10.6. The van der Waals surface area contributed by atoms with Gasteiger partial charge in [-0.1, -0.05) is 12.1 Å². The first-order chi connectivity index (χ1) is 10.8. The number of aromatic amines is 1. The highest BCUT2D eigenvalue weighted by molar-refractivity contribution is 5.67. The van der Waals surface area contributed by atoms with E-state index in [9.17, 15) is 4.79 Å². The van der Waals surface area contributed by atoms with Crippen molar-refractivity contribution in [3.8, 4) is 17.0 Å². The van der Waals surface area contributed by atoms with Crippen LogP contribution in [0, 0.1) is 0 Å². The van der Waals surface area contributed by atoms with Crippen molar-refractivity contribution >= 4 is 0 Å². The quantitative estimate of drug-likeness (QED) is 0.724. The SMILES string of the molecule is CCOc1ccccc1-c1cc(CNCCOC)c(=O)[nH]n1. The summed E-state index contributed by atoms with van der Waals surface area (Å²) in [7, 11) is 1.64. The minimum Gasteiger partial charge on any atom is -0.493 e. The van der Waals surface area contributed by atoms with Crippen LogP contribution in [0.25, 0.3) is 11.3 Å². The molecule has 118 valence electrons. The van der Waals surface area contributed by atoms with Crippen molar-refractivity contribution in [3.05, 3.63) is 46.2 Å². The van der Waals surface area contributed by atoms with E-state index in [4.69, 9.17) is 9.47 Å². The lowest BCUT2D eigenvalue weighted by atomic mass is 10.1. The average molecular weight is 303 g/mol. The fourth-order valence-corrected chi connectivity index (χ4v) is 2.07. The van der Waals surface area contributed by atoms with Crippen molar-refractivity contribution in [2.75, 3.05) is 26.9 Å². The Hall–Kier alpha value is -2.18. The fraction of sp³-hybridized carbons (Fsp3) is 0.375. The van der Waals surface area contributed by atoms with Crippen LogP contribution in [0.4, 0.5) is 0 Å². The van der Waals surface area contributed by atoms with E-state index in [2.05, 4.69) is 15.5 Å². The molecule has 0 spiro atoms. The van der Waals surface area contributed by atoms with Gasteiger partial charge in [-0.25, -0.2) is 5.10 Å². The average Bonchev–Trinajstić information content (AvgIpc) is 2.54. The lowest BCUT2D eigenvalue weighted by Gasteiger charge is -2.10. The zero-order chi connectivity index (χ0) is 15.8. The Morgan fingerprint density at radius 3 is 2.91 bits per heavy atom. The molecule has 0 amide bonds. The third-order valence-corrected chi connectivity index (χ3v) is 3.14. The topological polar surface area (TPSA) is 76.2 Å². The van der Waals surface area contributed by atoms with Gasteiger partial charge >= 0.3 is 0 Å². The molecular formula is C16H21N3O3. The number of aromatic nitrogens is 2. The molecule has 6 heteroatoms. The summed E-state index contributed by atoms with van der Waals surface area (Å²) in [4.78, 5) is 11.9. The van der Waals surface area contributed by atoms with Gasteiger partial charge in [0.2, 0.25) is 0 Å². The molecule has 0 bridgehead atoms. The van der Waals surface area contributed by atoms with Crippen LogP contribution in [0.5, 0.6) is 5.75 Å². The molecule has 0 atom stereocenters. The van der Waals surface area contributed by atoms with Crippen molar-refractivity contribution < 1.29 is 9.47 Å². The standard InChI is InChI=1S/C16H21N3O3/c1-3-22-15-7-5-4-6-13(15)14-10-12(16(20)19-18-14)11-17-8-9-21-2/h4-7,10,17H,3,8-9,11H2,1-2H3,(H,19,20). The minimum absolute atomic E-state index is 0.192. The molecule has 0 saturated heterocycles. The first kappa shape index (κ1) is 16.2. The molecule has 2 aromatic rings. The van der Waals surface area contributed by atoms with Gasteiger partial charge in [0, 0.05) is 31.3 Å². The maximum absolute atomic E-state index is 11.9. The summed E-state index contributed by atoms with van der Waals surface area (Å²) in [6, 6.07) is 9.43. The molecule has 0 aliphatic heterocycles. The van der Waals surface area contributed by atoms with E-state index in [-0.39, 0.29) is 5.56 Å². The summed E-state index contributed by atoms with van der Waals surface area (Å²) in [5.41, 5.74) is 1.99. The first-order valence-electron chi connectivity index (χ1n) is 7.26. The van der Waals surface area contributed by atoms with Crippen LogP contribution in [0.3, 0.4) is 0 Å². The minimum atomic E-state index is -0.192. The van der Waals surface area contributed by atoms with E-state index in [1.54, 1.807) is 13.2 Å². The normalized spacial score (nSPS) is 10.6. The van der Waals surface area contributed by atoms with Crippen molar-refractivity contribution in [3.63, 3.8) is 0 Å². The highest BCUT2D eigenvalue weighted by Gasteiger charge is 2.09. The Balaban J connectivity index is 2.23. The number of ether oxygens (including phenoxy) is 2. The van der Waals surface area contributed by atoms with E-state index in [1.165, 1.54) is 0 Å². The van der Waals surface area contributed by atoms with E-state index in [1.807, 2.05) is 31.2 Å². The number of methoxy groups -OCH3 is 1. The number of benzene rings is 1. The van der Waals surface area contributed by atoms with Gasteiger partial charge in [-0.2, -0.15) is 5.10 Å². The first-order valence-corrected chi connectivity index (χ1v) is 7.26. The largest absolute Gasteiger partial charge is 0.493 e. The Labute approximate surface area is 129 Å². The second-order valence-electron chi connectivity index (χ2n) is 4.71. The van der Waals surface area contributed by atoms with Crippen LogP contribution in [-0.4, -0.2) is 37.1 Å². The molecule has 0 radical (unpaired) electrons. The summed E-state index contributed by atoms with van der Waals surface area (Å²) in [6.45, 7) is 4.26. The van der Waals surface area contributed by atoms with Crippen LogP contribution >= 0.6 is 0 Å². The number of nitrogens with one attached hydrogen (secondary N) is 2. The second-order valence-corrected chi connectivity index (χ2v) is 4.71. The summed E-state index contributed by atoms with van der Waals surface area (Å²) >= 11 is 0. The molecule has 0 unspecified atom stereocenters. The van der Waals surface area contributed by atoms with Crippen LogP contribution in [0.1, 0.15) is 12.5 Å². The van der Waals surface area contributed by atoms with Crippen LogP contribution < -0.4 is 15.6 Å². The molecule has 1 aromatic heterocycles. The molecule has 0 aliphatic carbocycles. The third kappa shape index (κ3) is 4.16. The lowest BCUT2D eigenvalue weighted by molar-refractivity contribution is 0.199. The van der Waals surface area contributed by atoms with E-state index in [0.717, 1.165) is 11.3 Å². The molecule has 0 saturated carbocycles. The Morgan fingerprint density at radius 1 is 1.32 bits per heavy atom. The van der Waals surface area contributed by atoms with Gasteiger partial charge in [0.15, 0.2) is 0 Å². The zero-order valence-electron chi connectivity index (χ0n) is 12.9. The van der Waals surface area contributed by atoms with Crippen molar-refractivity contribution in [2.45, 2.75) is 13.5 Å². The van der Waals surface area contributed by atoms with Gasteiger partial charge in [0.1, 0.15) is 5.75 Å². The lowest BCUT2D eigenvalue weighted by Crippen LogP contribution is -2.24. The van der Waals surface area contributed by atoms with Crippen molar-refractivity contribution in [1.29, 1.82) is 0 Å². The van der Waals surface area contributed by atoms with Crippen LogP contribution in [0.15, 0.2) is 35.1 Å². The van der Waals surface area contributed by atoms with Gasteiger partial charge in [-0.15, -0.1) is 0 Å². The van der Waals surface area contributed by atoms with Crippen LogP contribution in [0.2, 0.25) is 0 Å². The van der Waals surface area contributed by atoms with E-state index >= 15 is 0 Å². The van der Waals surface area contributed by atoms with Crippen molar-refractivity contribution in [1.82, 2.24) is 15.5 Å². The molecule has 2 rings (SSSR count). The second kappa shape index (κ2) is 8.31. The Morgan fingerprint density at radius 2 is 2.14 bits per heavy atom. The highest BCUT2D eigenvalue weighted by Crippen LogP contribution is 2.27. The number of hydrogen-bond donors (Lipinski definition) is 2. The van der Waals surface area contributed by atoms with Gasteiger partial charge < -0.3 is 14.8 Å². The predicted octanol–water partition coefficient (Wildman–Crippen LogP) is 1.57. The van der Waals surface area contributed by atoms with Gasteiger partial charge in [-0.3, -0.25) is 4.79 Å². The molecule has 0 fully saturated rings. The van der Waals surface area contributed by atoms with Crippen molar-refractivity contribution in [2.24, 2.45) is 0 Å². The zero-order valence-corrected chi connectivity index (χ0v) is 12.9. The summed E-state index contributed by atoms with van der Waals surface area (Å²) in [6.07, 6.45) is 0. The van der Waals surface area contributed by atoms with Crippen LogP contribution in [-0.2, 0) is 11.3 Å². The van der Waals surface area contributed by atoms with Gasteiger partial charge in [0.25, 0.3) is 5.56 Å². The predicted molar refractivity (Wildman–Crippen MR) is 85.0 cm³/mol.